The number of nitrogens with two attached hydrogens (primary N) is 1. The van der Waals surface area contributed by atoms with E-state index in [1.54, 1.807) is 18.6 Å². The standard InChI is InChI=1S/C4H8O2S.C3H4N2S/c1-2-6-4(5)3-7;4-3-1-5-2-6-3/h7H,2-3H2,1H3;1-2H,4H2. The van der Waals surface area contributed by atoms with Crippen LogP contribution < -0.4 is 5.73 Å². The first kappa shape index (κ1) is 12.2. The van der Waals surface area contributed by atoms with Crippen LogP contribution in [-0.4, -0.2) is 23.3 Å². The number of aromatic nitrogens is 1. The van der Waals surface area contributed by atoms with E-state index in [0.717, 1.165) is 5.00 Å². The Labute approximate surface area is 86.5 Å². The normalized spacial score (nSPS) is 8.46. The topological polar surface area (TPSA) is 65.2 Å². The van der Waals surface area contributed by atoms with Crippen molar-refractivity contribution in [3.63, 3.8) is 0 Å². The molecular weight excluding hydrogens is 208 g/mol. The third-order valence-corrected chi connectivity index (χ3v) is 1.75. The average molecular weight is 220 g/mol. The number of rotatable bonds is 2. The average Bonchev–Trinajstić information content (AvgIpc) is 2.57. The van der Waals surface area contributed by atoms with Gasteiger partial charge in [0.2, 0.25) is 0 Å². The zero-order valence-electron chi connectivity index (χ0n) is 7.27. The summed E-state index contributed by atoms with van der Waals surface area (Å²) in [7, 11) is 0. The van der Waals surface area contributed by atoms with Gasteiger partial charge in [-0.2, -0.15) is 12.6 Å². The fourth-order valence-corrected chi connectivity index (χ4v) is 0.889. The van der Waals surface area contributed by atoms with Gasteiger partial charge in [-0.1, -0.05) is 0 Å². The molecule has 0 radical (unpaired) electrons. The molecule has 0 spiro atoms. The van der Waals surface area contributed by atoms with E-state index >= 15 is 0 Å². The first-order valence-corrected chi connectivity index (χ1v) is 5.12. The molecule has 0 aliphatic carbocycles. The SMILES string of the molecule is CCOC(=O)CS.Nc1cncs1. The molecule has 0 saturated carbocycles. The number of anilines is 1. The molecule has 0 bridgehead atoms. The van der Waals surface area contributed by atoms with E-state index in [2.05, 4.69) is 22.3 Å². The van der Waals surface area contributed by atoms with Crippen molar-refractivity contribution >= 4 is 34.9 Å². The van der Waals surface area contributed by atoms with E-state index in [1.165, 1.54) is 11.3 Å². The fourth-order valence-electron chi connectivity index (χ4n) is 0.432. The van der Waals surface area contributed by atoms with Crippen LogP contribution in [-0.2, 0) is 9.53 Å². The number of ether oxygens (including phenoxy) is 1. The Bertz CT molecular complexity index is 226. The Hall–Kier alpha value is -0.750. The smallest absolute Gasteiger partial charge is 0.315 e. The lowest BCUT2D eigenvalue weighted by molar-refractivity contribution is -0.139. The molecule has 0 atom stereocenters. The summed E-state index contributed by atoms with van der Waals surface area (Å²) in [5.41, 5.74) is 6.94. The minimum atomic E-state index is -0.258. The molecule has 74 valence electrons. The molecule has 1 aromatic rings. The van der Waals surface area contributed by atoms with E-state index in [0.29, 0.717) is 6.61 Å². The lowest BCUT2D eigenvalue weighted by atomic mass is 10.8. The van der Waals surface area contributed by atoms with Crippen molar-refractivity contribution < 1.29 is 9.53 Å². The van der Waals surface area contributed by atoms with Gasteiger partial charge in [0.1, 0.15) is 5.00 Å². The van der Waals surface area contributed by atoms with Gasteiger partial charge in [0, 0.05) is 0 Å². The highest BCUT2D eigenvalue weighted by molar-refractivity contribution is 7.81. The molecule has 1 aromatic heterocycles. The number of esters is 1. The second kappa shape index (κ2) is 7.88. The maximum Gasteiger partial charge on any atom is 0.315 e. The third kappa shape index (κ3) is 7.61. The van der Waals surface area contributed by atoms with Crippen molar-refractivity contribution in [1.29, 1.82) is 0 Å². The van der Waals surface area contributed by atoms with Gasteiger partial charge in [-0.15, -0.1) is 11.3 Å². The molecule has 0 aromatic carbocycles. The molecule has 0 fully saturated rings. The summed E-state index contributed by atoms with van der Waals surface area (Å²) in [6, 6.07) is 0. The van der Waals surface area contributed by atoms with Crippen molar-refractivity contribution in [2.75, 3.05) is 18.1 Å². The van der Waals surface area contributed by atoms with Crippen molar-refractivity contribution in [3.05, 3.63) is 11.7 Å². The maximum absolute atomic E-state index is 10.1. The summed E-state index contributed by atoms with van der Waals surface area (Å²) in [5.74, 6) is -0.0840. The van der Waals surface area contributed by atoms with Crippen LogP contribution >= 0.6 is 24.0 Å². The molecule has 0 unspecified atom stereocenters. The van der Waals surface area contributed by atoms with Crippen LogP contribution in [0.4, 0.5) is 5.00 Å². The lowest BCUT2D eigenvalue weighted by Gasteiger charge is -1.93. The summed E-state index contributed by atoms with van der Waals surface area (Å²) < 4.78 is 4.48. The number of hydrogen-bond donors (Lipinski definition) is 2. The second-order valence-electron chi connectivity index (χ2n) is 1.87. The van der Waals surface area contributed by atoms with Crippen LogP contribution in [0.15, 0.2) is 11.7 Å². The van der Waals surface area contributed by atoms with Crippen LogP contribution in [0.5, 0.6) is 0 Å². The summed E-state index contributed by atoms with van der Waals surface area (Å²) in [6.07, 6.45) is 1.63. The molecule has 2 N–H and O–H groups in total. The van der Waals surface area contributed by atoms with Gasteiger partial charge in [0.15, 0.2) is 0 Å². The van der Waals surface area contributed by atoms with Crippen molar-refractivity contribution in [2.45, 2.75) is 6.92 Å². The summed E-state index contributed by atoms with van der Waals surface area (Å²) >= 11 is 5.12. The number of carbonyl (C=O) groups is 1. The lowest BCUT2D eigenvalue weighted by Crippen LogP contribution is -2.03. The molecule has 13 heavy (non-hydrogen) atoms. The highest BCUT2D eigenvalue weighted by atomic mass is 32.1. The number of nitrogens with zero attached hydrogens (tertiary/aromatic N) is 1. The van der Waals surface area contributed by atoms with Gasteiger partial charge in [0.25, 0.3) is 0 Å². The van der Waals surface area contributed by atoms with Gasteiger partial charge < -0.3 is 10.5 Å². The monoisotopic (exact) mass is 220 g/mol. The molecule has 0 aliphatic heterocycles. The third-order valence-electron chi connectivity index (χ3n) is 0.886. The molecule has 6 heteroatoms. The van der Waals surface area contributed by atoms with E-state index in [4.69, 9.17) is 5.73 Å². The van der Waals surface area contributed by atoms with Gasteiger partial charge in [-0.25, -0.2) is 0 Å². The predicted molar refractivity (Wildman–Crippen MR) is 57.0 cm³/mol. The molecule has 1 rings (SSSR count). The number of nitrogen functional groups attached to an aromatic ring is 1. The van der Waals surface area contributed by atoms with E-state index in [9.17, 15) is 4.79 Å². The Morgan fingerprint density at radius 3 is 2.69 bits per heavy atom. The largest absolute Gasteiger partial charge is 0.465 e. The van der Waals surface area contributed by atoms with Gasteiger partial charge >= 0.3 is 5.97 Å². The number of thiol groups is 1. The van der Waals surface area contributed by atoms with Crippen LogP contribution in [0.1, 0.15) is 6.92 Å². The molecule has 0 saturated heterocycles. The summed E-state index contributed by atoms with van der Waals surface area (Å²) in [5, 5.41) is 0.773. The van der Waals surface area contributed by atoms with Gasteiger partial charge in [0.05, 0.1) is 24.1 Å². The zero-order valence-corrected chi connectivity index (χ0v) is 8.98. The van der Waals surface area contributed by atoms with Crippen molar-refractivity contribution in [3.8, 4) is 0 Å². The number of carbonyl (C=O) groups excluding carboxylic acids is 1. The van der Waals surface area contributed by atoms with Crippen LogP contribution in [0.2, 0.25) is 0 Å². The highest BCUT2D eigenvalue weighted by Crippen LogP contribution is 2.04. The van der Waals surface area contributed by atoms with Crippen LogP contribution in [0.25, 0.3) is 0 Å². The first-order valence-electron chi connectivity index (χ1n) is 3.61. The Morgan fingerprint density at radius 1 is 1.85 bits per heavy atom. The molecule has 1 heterocycles. The minimum absolute atomic E-state index is 0.174. The molecule has 0 amide bonds. The maximum atomic E-state index is 10.1. The van der Waals surface area contributed by atoms with E-state index in [-0.39, 0.29) is 11.7 Å². The number of hydrogen-bond acceptors (Lipinski definition) is 6. The Kier molecular flexibility index (Phi) is 7.42. The Balaban J connectivity index is 0.000000223. The summed E-state index contributed by atoms with van der Waals surface area (Å²) in [4.78, 5) is 13.8. The second-order valence-corrected chi connectivity index (χ2v) is 3.10. The van der Waals surface area contributed by atoms with Gasteiger partial charge in [-0.05, 0) is 6.92 Å². The minimum Gasteiger partial charge on any atom is -0.465 e. The zero-order chi connectivity index (χ0) is 10.1. The van der Waals surface area contributed by atoms with Crippen LogP contribution in [0, 0.1) is 0 Å². The van der Waals surface area contributed by atoms with Crippen LogP contribution in [0.3, 0.4) is 0 Å². The highest BCUT2D eigenvalue weighted by Gasteiger charge is 1.91. The van der Waals surface area contributed by atoms with Gasteiger partial charge in [-0.3, -0.25) is 9.78 Å². The molecule has 0 aliphatic rings. The van der Waals surface area contributed by atoms with E-state index < -0.39 is 0 Å². The fraction of sp³-hybridized carbons (Fsp3) is 0.429. The first-order chi connectivity index (χ1) is 6.20. The van der Waals surface area contributed by atoms with Crippen molar-refractivity contribution in [2.24, 2.45) is 0 Å². The molecular formula is C7H12N2O2S2. The predicted octanol–water partition coefficient (Wildman–Crippen LogP) is 1.20. The quantitative estimate of drug-likeness (QED) is 0.580. The summed E-state index contributed by atoms with van der Waals surface area (Å²) in [6.45, 7) is 2.21. The van der Waals surface area contributed by atoms with Crippen molar-refractivity contribution in [1.82, 2.24) is 4.98 Å². The van der Waals surface area contributed by atoms with E-state index in [1.807, 2.05) is 0 Å². The number of thiazole rings is 1. The molecule has 4 nitrogen and oxygen atoms in total. The Morgan fingerprint density at radius 2 is 2.54 bits per heavy atom.